The molecule has 30 heavy (non-hydrogen) atoms. The van der Waals surface area contributed by atoms with Crippen LogP contribution in [-0.2, 0) is 24.4 Å². The van der Waals surface area contributed by atoms with Crippen molar-refractivity contribution in [3.8, 4) is 11.5 Å². The molecule has 2 nitrogen and oxygen atoms in total. The number of hydrogen-bond acceptors (Lipinski definition) is 2. The van der Waals surface area contributed by atoms with E-state index in [4.69, 9.17) is 9.05 Å². The smallest absolute Gasteiger partial charge is 0.416 e. The van der Waals surface area contributed by atoms with Gasteiger partial charge in [-0.05, 0) is 73.2 Å². The third-order valence-electron chi connectivity index (χ3n) is 6.59. The Labute approximate surface area is 173 Å². The molecule has 0 N–H and O–H groups in total. The standard InChI is InChI=1S/C24H18F3O2P/c25-24(26,27)17-7-9-18(10-8-17)30-28-19-5-1-3-15-11-13-23(21(15)19)14-12-16-4-2-6-20(29-30)22(16)23/h1-10H,11-14H2. The molecule has 3 aliphatic rings. The van der Waals surface area contributed by atoms with Crippen LogP contribution in [0, 0.1) is 0 Å². The fourth-order valence-corrected chi connectivity index (χ4v) is 6.63. The van der Waals surface area contributed by atoms with E-state index in [0.29, 0.717) is 5.30 Å². The third-order valence-corrected chi connectivity index (χ3v) is 8.04. The van der Waals surface area contributed by atoms with Gasteiger partial charge in [-0.3, -0.25) is 0 Å². The molecule has 0 radical (unpaired) electrons. The molecule has 1 aliphatic heterocycles. The van der Waals surface area contributed by atoms with Gasteiger partial charge in [-0.1, -0.05) is 24.3 Å². The summed E-state index contributed by atoms with van der Waals surface area (Å²) >= 11 is 0. The van der Waals surface area contributed by atoms with Gasteiger partial charge in [0.1, 0.15) is 11.5 Å². The maximum Gasteiger partial charge on any atom is 0.416 e. The lowest BCUT2D eigenvalue weighted by molar-refractivity contribution is -0.137. The second kappa shape index (κ2) is 6.24. The minimum Gasteiger partial charge on any atom is -0.435 e. The average molecular weight is 426 g/mol. The van der Waals surface area contributed by atoms with Crippen LogP contribution in [0.2, 0.25) is 0 Å². The fraction of sp³-hybridized carbons (Fsp3) is 0.250. The van der Waals surface area contributed by atoms with Crippen molar-refractivity contribution in [3.05, 3.63) is 88.5 Å². The SMILES string of the molecule is FC(F)(F)c1ccc(P2Oc3cccc4c3C3(CC4)CCc4cccc(c43)O2)cc1. The Morgan fingerprint density at radius 1 is 0.733 bits per heavy atom. The van der Waals surface area contributed by atoms with Crippen LogP contribution < -0.4 is 14.4 Å². The number of benzene rings is 3. The topological polar surface area (TPSA) is 18.5 Å². The van der Waals surface area contributed by atoms with Crippen molar-refractivity contribution >= 4 is 13.7 Å². The predicted molar refractivity (Wildman–Crippen MR) is 110 cm³/mol. The van der Waals surface area contributed by atoms with Gasteiger partial charge < -0.3 is 9.05 Å². The summed E-state index contributed by atoms with van der Waals surface area (Å²) in [7, 11) is -1.61. The van der Waals surface area contributed by atoms with E-state index in [-0.39, 0.29) is 5.41 Å². The van der Waals surface area contributed by atoms with E-state index in [1.165, 1.54) is 34.4 Å². The average Bonchev–Trinajstić information content (AvgIpc) is 3.29. The summed E-state index contributed by atoms with van der Waals surface area (Å²) in [4.78, 5) is 0. The zero-order chi connectivity index (χ0) is 20.5. The Balaban J connectivity index is 1.52. The zero-order valence-corrected chi connectivity index (χ0v) is 16.9. The monoisotopic (exact) mass is 426 g/mol. The molecule has 0 aromatic heterocycles. The molecule has 152 valence electrons. The highest BCUT2D eigenvalue weighted by molar-refractivity contribution is 7.56. The van der Waals surface area contributed by atoms with E-state index in [0.717, 1.165) is 49.3 Å². The predicted octanol–water partition coefficient (Wildman–Crippen LogP) is 6.29. The number of aryl methyl sites for hydroxylation is 2. The van der Waals surface area contributed by atoms with Gasteiger partial charge in [0.05, 0.1) is 10.9 Å². The molecule has 0 unspecified atom stereocenters. The molecule has 3 aromatic carbocycles. The van der Waals surface area contributed by atoms with Crippen LogP contribution in [0.3, 0.4) is 0 Å². The van der Waals surface area contributed by atoms with E-state index in [1.54, 1.807) is 0 Å². The Kier molecular flexibility index (Phi) is 3.80. The van der Waals surface area contributed by atoms with Crippen molar-refractivity contribution in [3.63, 3.8) is 0 Å². The fourth-order valence-electron chi connectivity index (χ4n) is 5.33. The van der Waals surface area contributed by atoms with Crippen molar-refractivity contribution in [1.29, 1.82) is 0 Å². The summed E-state index contributed by atoms with van der Waals surface area (Å²) < 4.78 is 51.8. The largest absolute Gasteiger partial charge is 0.435 e. The van der Waals surface area contributed by atoms with Gasteiger partial charge in [-0.2, -0.15) is 13.2 Å². The summed E-state index contributed by atoms with van der Waals surface area (Å²) in [6.45, 7) is 0. The number of halogens is 3. The van der Waals surface area contributed by atoms with Gasteiger partial charge in [-0.25, -0.2) is 0 Å². The number of hydrogen-bond donors (Lipinski definition) is 0. The molecule has 6 heteroatoms. The zero-order valence-electron chi connectivity index (χ0n) is 16.0. The van der Waals surface area contributed by atoms with Gasteiger partial charge in [0, 0.05) is 16.5 Å². The van der Waals surface area contributed by atoms with Crippen LogP contribution in [0.15, 0.2) is 60.7 Å². The van der Waals surface area contributed by atoms with Crippen molar-refractivity contribution < 1.29 is 22.2 Å². The van der Waals surface area contributed by atoms with Crippen LogP contribution >= 0.6 is 8.38 Å². The first-order chi connectivity index (χ1) is 14.5. The highest BCUT2D eigenvalue weighted by atomic mass is 31.2. The van der Waals surface area contributed by atoms with Gasteiger partial charge in [0.2, 0.25) is 0 Å². The lowest BCUT2D eigenvalue weighted by atomic mass is 9.76. The molecule has 0 amide bonds. The van der Waals surface area contributed by atoms with Crippen LogP contribution in [0.25, 0.3) is 0 Å². The second-order valence-electron chi connectivity index (χ2n) is 8.15. The van der Waals surface area contributed by atoms with Crippen molar-refractivity contribution in [2.45, 2.75) is 37.3 Å². The Bertz CT molecular complexity index is 1090. The maximum absolute atomic E-state index is 13.0. The van der Waals surface area contributed by atoms with E-state index >= 15 is 0 Å². The van der Waals surface area contributed by atoms with Gasteiger partial charge in [0.15, 0.2) is 0 Å². The Hall–Kier alpha value is -2.52. The minimum atomic E-state index is -4.37. The number of rotatable bonds is 1. The van der Waals surface area contributed by atoms with Crippen molar-refractivity contribution in [2.75, 3.05) is 0 Å². The molecular formula is C24H18F3O2P. The molecule has 0 atom stereocenters. The van der Waals surface area contributed by atoms with Gasteiger partial charge >= 0.3 is 14.6 Å². The number of alkyl halides is 3. The quantitative estimate of drug-likeness (QED) is 0.426. The first kappa shape index (κ1) is 18.3. The van der Waals surface area contributed by atoms with Crippen molar-refractivity contribution in [2.24, 2.45) is 0 Å². The van der Waals surface area contributed by atoms with E-state index < -0.39 is 20.1 Å². The highest BCUT2D eigenvalue weighted by Gasteiger charge is 2.50. The van der Waals surface area contributed by atoms with Crippen LogP contribution in [-0.4, -0.2) is 0 Å². The summed E-state index contributed by atoms with van der Waals surface area (Å²) in [6.07, 6.45) is -0.297. The van der Waals surface area contributed by atoms with Gasteiger partial charge in [0.25, 0.3) is 0 Å². The third kappa shape index (κ3) is 2.54. The molecule has 6 rings (SSSR count). The van der Waals surface area contributed by atoms with E-state index in [9.17, 15) is 13.2 Å². The lowest BCUT2D eigenvalue weighted by Crippen LogP contribution is -2.25. The molecule has 0 fully saturated rings. The van der Waals surface area contributed by atoms with Crippen molar-refractivity contribution in [1.82, 2.24) is 0 Å². The van der Waals surface area contributed by atoms with E-state index in [1.807, 2.05) is 24.3 Å². The molecular weight excluding hydrogens is 408 g/mol. The Morgan fingerprint density at radius 2 is 1.27 bits per heavy atom. The van der Waals surface area contributed by atoms with E-state index in [2.05, 4.69) is 12.1 Å². The highest BCUT2D eigenvalue weighted by Crippen LogP contribution is 2.61. The molecule has 0 saturated heterocycles. The summed E-state index contributed by atoms with van der Waals surface area (Å²) in [5.41, 5.74) is 4.35. The van der Waals surface area contributed by atoms with Gasteiger partial charge in [-0.15, -0.1) is 0 Å². The summed E-state index contributed by atoms with van der Waals surface area (Å²) in [5.74, 6) is 1.61. The second-order valence-corrected chi connectivity index (χ2v) is 9.54. The molecule has 3 aromatic rings. The molecule has 0 bridgehead atoms. The van der Waals surface area contributed by atoms with Crippen LogP contribution in [0.4, 0.5) is 13.2 Å². The minimum absolute atomic E-state index is 0.0839. The summed E-state index contributed by atoms with van der Waals surface area (Å²) in [6, 6.07) is 17.4. The molecule has 2 aliphatic carbocycles. The first-order valence-corrected chi connectivity index (χ1v) is 11.2. The molecule has 1 spiro atoms. The normalized spacial score (nSPS) is 18.6. The molecule has 1 heterocycles. The summed E-state index contributed by atoms with van der Waals surface area (Å²) in [5, 5.41) is 0.622. The first-order valence-electron chi connectivity index (χ1n) is 10.0. The van der Waals surface area contributed by atoms with Crippen LogP contribution in [0.1, 0.15) is 40.7 Å². The Morgan fingerprint density at radius 3 is 1.77 bits per heavy atom. The van der Waals surface area contributed by atoms with Crippen LogP contribution in [0.5, 0.6) is 11.5 Å². The lowest BCUT2D eigenvalue weighted by Gasteiger charge is -2.34. The molecule has 0 saturated carbocycles. The maximum atomic E-state index is 13.0.